The van der Waals surface area contributed by atoms with Crippen molar-refractivity contribution in [3.63, 3.8) is 0 Å². The number of halogens is 1. The third kappa shape index (κ3) is 3.19. The summed E-state index contributed by atoms with van der Waals surface area (Å²) in [6.45, 7) is 4.73. The van der Waals surface area contributed by atoms with Gasteiger partial charge in [-0.2, -0.15) is 0 Å². The molecular weight excluding hydrogens is 240 g/mol. The Labute approximate surface area is 105 Å². The van der Waals surface area contributed by atoms with Crippen molar-refractivity contribution in [2.45, 2.75) is 6.54 Å². The second-order valence-corrected chi connectivity index (χ2v) is 4.55. The third-order valence-electron chi connectivity index (χ3n) is 2.88. The maximum absolute atomic E-state index is 11.0. The molecule has 0 radical (unpaired) electrons. The fourth-order valence-electron chi connectivity index (χ4n) is 1.96. The van der Waals surface area contributed by atoms with Crippen LogP contribution in [0.3, 0.4) is 0 Å². The van der Waals surface area contributed by atoms with E-state index >= 15 is 0 Å². The molecular formula is C12H15ClN2O2. The van der Waals surface area contributed by atoms with Crippen LogP contribution in [0.25, 0.3) is 0 Å². The lowest BCUT2D eigenvalue weighted by Crippen LogP contribution is -2.42. The highest BCUT2D eigenvalue weighted by atomic mass is 35.5. The topological polar surface area (TPSA) is 52.6 Å². The van der Waals surface area contributed by atoms with Gasteiger partial charge in [-0.05, 0) is 17.7 Å². The van der Waals surface area contributed by atoms with Crippen molar-refractivity contribution in [2.75, 3.05) is 26.2 Å². The van der Waals surface area contributed by atoms with Gasteiger partial charge >= 0.3 is 5.97 Å². The number of rotatable bonds is 3. The van der Waals surface area contributed by atoms with Crippen LogP contribution in [0.4, 0.5) is 0 Å². The van der Waals surface area contributed by atoms with E-state index in [-0.39, 0.29) is 5.56 Å². The van der Waals surface area contributed by atoms with Gasteiger partial charge in [0.25, 0.3) is 0 Å². The van der Waals surface area contributed by atoms with E-state index < -0.39 is 5.97 Å². The Hall–Kier alpha value is -1.10. The van der Waals surface area contributed by atoms with Gasteiger partial charge in [-0.15, -0.1) is 0 Å². The first kappa shape index (κ1) is 12.4. The molecule has 2 N–H and O–H groups in total. The molecule has 1 aliphatic rings. The molecule has 5 heteroatoms. The summed E-state index contributed by atoms with van der Waals surface area (Å²) in [6, 6.07) is 5.20. The standard InChI is InChI=1S/C12H15ClN2O2/c13-11-2-1-9(7-10(11)12(16)17)8-15-5-3-14-4-6-15/h1-2,7,14H,3-6,8H2,(H,16,17). The molecule has 0 aliphatic carbocycles. The van der Waals surface area contributed by atoms with E-state index in [4.69, 9.17) is 16.7 Å². The minimum absolute atomic E-state index is 0.180. The van der Waals surface area contributed by atoms with E-state index in [9.17, 15) is 4.79 Å². The van der Waals surface area contributed by atoms with Crippen molar-refractivity contribution < 1.29 is 9.90 Å². The zero-order valence-corrected chi connectivity index (χ0v) is 10.2. The maximum atomic E-state index is 11.0. The number of carboxylic acid groups (broad SMARTS) is 1. The van der Waals surface area contributed by atoms with Crippen LogP contribution in [0.1, 0.15) is 15.9 Å². The first-order valence-electron chi connectivity index (χ1n) is 5.61. The summed E-state index contributed by atoms with van der Waals surface area (Å²) in [5, 5.41) is 12.6. The number of aromatic carboxylic acids is 1. The number of nitrogens with one attached hydrogen (secondary N) is 1. The Balaban J connectivity index is 2.10. The van der Waals surface area contributed by atoms with Crippen LogP contribution < -0.4 is 5.32 Å². The minimum Gasteiger partial charge on any atom is -0.478 e. The SMILES string of the molecule is O=C(O)c1cc(CN2CCNCC2)ccc1Cl. The molecule has 0 aromatic heterocycles. The van der Waals surface area contributed by atoms with Crippen LogP contribution in [-0.4, -0.2) is 42.2 Å². The van der Waals surface area contributed by atoms with E-state index in [0.717, 1.165) is 38.3 Å². The maximum Gasteiger partial charge on any atom is 0.337 e. The average molecular weight is 255 g/mol. The number of hydrogen-bond acceptors (Lipinski definition) is 3. The number of benzene rings is 1. The summed E-state index contributed by atoms with van der Waals surface area (Å²) >= 11 is 5.83. The van der Waals surface area contributed by atoms with Crippen LogP contribution in [0, 0.1) is 0 Å². The summed E-state index contributed by atoms with van der Waals surface area (Å²) < 4.78 is 0. The van der Waals surface area contributed by atoms with Gasteiger partial charge in [-0.1, -0.05) is 17.7 Å². The van der Waals surface area contributed by atoms with Gasteiger partial charge in [-0.25, -0.2) is 4.79 Å². The van der Waals surface area contributed by atoms with Crippen LogP contribution in [0.5, 0.6) is 0 Å². The number of carbonyl (C=O) groups is 1. The first-order chi connectivity index (χ1) is 8.16. The molecule has 2 rings (SSSR count). The van der Waals surface area contributed by atoms with Gasteiger partial charge in [0.15, 0.2) is 0 Å². The molecule has 1 heterocycles. The van der Waals surface area contributed by atoms with Crippen LogP contribution in [-0.2, 0) is 6.54 Å². The van der Waals surface area contributed by atoms with Crippen molar-refractivity contribution in [1.82, 2.24) is 10.2 Å². The highest BCUT2D eigenvalue weighted by Gasteiger charge is 2.13. The zero-order chi connectivity index (χ0) is 12.3. The van der Waals surface area contributed by atoms with E-state index in [0.29, 0.717) is 5.02 Å². The summed E-state index contributed by atoms with van der Waals surface area (Å²) in [5.41, 5.74) is 1.17. The normalized spacial score (nSPS) is 17.0. The lowest BCUT2D eigenvalue weighted by Gasteiger charge is -2.27. The summed E-state index contributed by atoms with van der Waals surface area (Å²) in [4.78, 5) is 13.3. The van der Waals surface area contributed by atoms with Crippen LogP contribution in [0.15, 0.2) is 18.2 Å². The van der Waals surface area contributed by atoms with Gasteiger partial charge in [0.1, 0.15) is 0 Å². The predicted molar refractivity (Wildman–Crippen MR) is 66.6 cm³/mol. The predicted octanol–water partition coefficient (Wildman–Crippen LogP) is 1.44. The number of hydrogen-bond donors (Lipinski definition) is 2. The molecule has 0 bridgehead atoms. The fraction of sp³-hybridized carbons (Fsp3) is 0.417. The Kier molecular flexibility index (Phi) is 3.99. The molecule has 1 saturated heterocycles. The molecule has 1 aromatic carbocycles. The van der Waals surface area contributed by atoms with E-state index in [1.807, 2.05) is 6.07 Å². The van der Waals surface area contributed by atoms with Crippen molar-refractivity contribution in [3.05, 3.63) is 34.3 Å². The van der Waals surface area contributed by atoms with Gasteiger partial charge in [0.2, 0.25) is 0 Å². The molecule has 17 heavy (non-hydrogen) atoms. The fourth-order valence-corrected chi connectivity index (χ4v) is 2.16. The van der Waals surface area contributed by atoms with Gasteiger partial charge in [0.05, 0.1) is 10.6 Å². The van der Waals surface area contributed by atoms with Gasteiger partial charge < -0.3 is 10.4 Å². The Bertz CT molecular complexity index is 417. The molecule has 1 aromatic rings. The number of carboxylic acids is 1. The molecule has 4 nitrogen and oxygen atoms in total. The third-order valence-corrected chi connectivity index (χ3v) is 3.21. The molecule has 1 aliphatic heterocycles. The van der Waals surface area contributed by atoms with Gasteiger partial charge in [-0.3, -0.25) is 4.90 Å². The second kappa shape index (κ2) is 5.49. The highest BCUT2D eigenvalue weighted by Crippen LogP contribution is 2.18. The Morgan fingerprint density at radius 2 is 2.12 bits per heavy atom. The van der Waals surface area contributed by atoms with Crippen molar-refractivity contribution >= 4 is 17.6 Å². The monoisotopic (exact) mass is 254 g/mol. The molecule has 0 atom stereocenters. The quantitative estimate of drug-likeness (QED) is 0.857. The summed E-state index contributed by atoms with van der Waals surface area (Å²) in [6.07, 6.45) is 0. The van der Waals surface area contributed by atoms with Crippen LogP contribution >= 0.6 is 11.6 Å². The first-order valence-corrected chi connectivity index (χ1v) is 5.99. The Morgan fingerprint density at radius 3 is 2.76 bits per heavy atom. The molecule has 92 valence electrons. The Morgan fingerprint density at radius 1 is 1.41 bits per heavy atom. The average Bonchev–Trinajstić information content (AvgIpc) is 2.32. The molecule has 0 amide bonds. The smallest absolute Gasteiger partial charge is 0.337 e. The lowest BCUT2D eigenvalue weighted by atomic mass is 10.1. The van der Waals surface area contributed by atoms with E-state index in [2.05, 4.69) is 10.2 Å². The highest BCUT2D eigenvalue weighted by molar-refractivity contribution is 6.33. The lowest BCUT2D eigenvalue weighted by molar-refractivity contribution is 0.0697. The zero-order valence-electron chi connectivity index (χ0n) is 9.45. The van der Waals surface area contributed by atoms with Crippen molar-refractivity contribution in [3.8, 4) is 0 Å². The van der Waals surface area contributed by atoms with Crippen molar-refractivity contribution in [1.29, 1.82) is 0 Å². The van der Waals surface area contributed by atoms with E-state index in [1.165, 1.54) is 0 Å². The number of piperazine rings is 1. The molecule has 1 fully saturated rings. The molecule has 0 unspecified atom stereocenters. The van der Waals surface area contributed by atoms with Crippen molar-refractivity contribution in [2.24, 2.45) is 0 Å². The number of nitrogens with zero attached hydrogens (tertiary/aromatic N) is 1. The summed E-state index contributed by atoms with van der Waals surface area (Å²) in [7, 11) is 0. The van der Waals surface area contributed by atoms with E-state index in [1.54, 1.807) is 12.1 Å². The van der Waals surface area contributed by atoms with Gasteiger partial charge in [0, 0.05) is 32.7 Å². The second-order valence-electron chi connectivity index (χ2n) is 4.15. The molecule has 0 spiro atoms. The molecule has 0 saturated carbocycles. The van der Waals surface area contributed by atoms with Crippen LogP contribution in [0.2, 0.25) is 5.02 Å². The minimum atomic E-state index is -0.975. The largest absolute Gasteiger partial charge is 0.478 e. The summed E-state index contributed by atoms with van der Waals surface area (Å²) in [5.74, 6) is -0.975.